The normalized spacial score (nSPS) is 41.9. The highest BCUT2D eigenvalue weighted by Gasteiger charge is 2.54. The summed E-state index contributed by atoms with van der Waals surface area (Å²) in [4.78, 5) is 0. The average Bonchev–Trinajstić information content (AvgIpc) is 3.28. The lowest BCUT2D eigenvalue weighted by atomic mass is 9.60. The van der Waals surface area contributed by atoms with Gasteiger partial charge in [-0.2, -0.15) is 0 Å². The smallest absolute Gasteiger partial charge is 0.332 e. The van der Waals surface area contributed by atoms with Crippen molar-refractivity contribution in [3.8, 4) is 0 Å². The number of hydrogen-bond acceptors (Lipinski definition) is 8. The van der Waals surface area contributed by atoms with E-state index in [0.29, 0.717) is 62.3 Å². The Balaban J connectivity index is 0.832. The molecule has 67 heavy (non-hydrogen) atoms. The minimum Gasteiger partial charge on any atom is -0.375 e. The van der Waals surface area contributed by atoms with E-state index < -0.39 is 17.2 Å². The molecule has 8 nitrogen and oxygen atoms in total. The Morgan fingerprint density at radius 1 is 0.343 bits per heavy atom. The fourth-order valence-corrected chi connectivity index (χ4v) is 17.8. The highest BCUT2D eigenvalue weighted by molar-refractivity contribution is 7.42. The molecule has 4 atom stereocenters. The third-order valence-electron chi connectivity index (χ3n) is 19.3. The second-order valence-corrected chi connectivity index (χ2v) is 30.7. The van der Waals surface area contributed by atoms with E-state index in [0.717, 1.165) is 49.4 Å². The molecule has 6 saturated carbocycles. The van der Waals surface area contributed by atoms with Crippen LogP contribution in [0.2, 0.25) is 0 Å². The van der Waals surface area contributed by atoms with Crippen molar-refractivity contribution in [3.05, 3.63) is 0 Å². The molecular weight excluding hydrogens is 875 g/mol. The Morgan fingerprint density at radius 2 is 0.612 bits per heavy atom. The van der Waals surface area contributed by atoms with E-state index in [1.807, 2.05) is 0 Å². The summed E-state index contributed by atoms with van der Waals surface area (Å²) in [6, 6.07) is 0. The summed E-state index contributed by atoms with van der Waals surface area (Å²) in [6.45, 7) is 30.7. The first-order valence-corrected chi connectivity index (χ1v) is 30.6. The van der Waals surface area contributed by atoms with Gasteiger partial charge in [-0.15, -0.1) is 0 Å². The fraction of sp³-hybridized carbons (Fsp3) is 1.00. The SMILES string of the molecule is CC(C)(C)C1CC(OC2CCC(C3CCCCC3)CC2)CC(C(C)(C)C)C1OP1OCC2(CO1)COP(OC1C(C(C)(C)C)CC(OC3CCC(C4CCCCC4)CC3)CC1C(C)(C)C)OC2. The van der Waals surface area contributed by atoms with E-state index >= 15 is 0 Å². The molecule has 6 aliphatic carbocycles. The van der Waals surface area contributed by atoms with Crippen molar-refractivity contribution in [3.63, 3.8) is 0 Å². The van der Waals surface area contributed by atoms with Gasteiger partial charge < -0.3 is 36.6 Å². The lowest BCUT2D eigenvalue weighted by Gasteiger charge is -2.53. The topological polar surface area (TPSA) is 73.8 Å². The maximum absolute atomic E-state index is 7.13. The van der Waals surface area contributed by atoms with Gasteiger partial charge in [-0.3, -0.25) is 0 Å². The summed E-state index contributed by atoms with van der Waals surface area (Å²) >= 11 is 0. The van der Waals surface area contributed by atoms with Crippen LogP contribution in [-0.4, -0.2) is 63.1 Å². The highest BCUT2D eigenvalue weighted by Crippen LogP contribution is 2.60. The third-order valence-corrected chi connectivity index (χ3v) is 21.5. The molecule has 0 radical (unpaired) electrons. The van der Waals surface area contributed by atoms with E-state index in [4.69, 9.17) is 36.6 Å². The van der Waals surface area contributed by atoms with Gasteiger partial charge in [-0.1, -0.05) is 147 Å². The Labute approximate surface area is 414 Å². The molecule has 1 spiro atoms. The molecule has 8 rings (SSSR count). The maximum atomic E-state index is 7.13. The molecule has 2 saturated heterocycles. The van der Waals surface area contributed by atoms with Gasteiger partial charge in [0.2, 0.25) is 0 Å². The summed E-state index contributed by atoms with van der Waals surface area (Å²) < 4.78 is 54.9. The zero-order chi connectivity index (χ0) is 47.8. The van der Waals surface area contributed by atoms with Gasteiger partial charge in [-0.05, 0) is 146 Å². The van der Waals surface area contributed by atoms with Crippen molar-refractivity contribution in [2.45, 2.75) is 261 Å². The monoisotopic (exact) mass is 977 g/mol. The van der Waals surface area contributed by atoms with Crippen molar-refractivity contribution < 1.29 is 36.6 Å². The molecule has 0 N–H and O–H groups in total. The molecule has 4 unspecified atom stereocenters. The first kappa shape index (κ1) is 53.8. The number of ether oxygens (including phenoxy) is 2. The molecular formula is C57H102O8P2. The zero-order valence-corrected chi connectivity index (χ0v) is 46.9. The molecule has 0 aromatic carbocycles. The van der Waals surface area contributed by atoms with Gasteiger partial charge in [0, 0.05) is 0 Å². The minimum absolute atomic E-state index is 0.0374. The van der Waals surface area contributed by atoms with Crippen molar-refractivity contribution >= 4 is 17.2 Å². The van der Waals surface area contributed by atoms with Crippen LogP contribution in [0.1, 0.15) is 224 Å². The lowest BCUT2D eigenvalue weighted by molar-refractivity contribution is -0.149. The van der Waals surface area contributed by atoms with Crippen LogP contribution in [0.25, 0.3) is 0 Å². The Bertz CT molecular complexity index is 1330. The quantitative estimate of drug-likeness (QED) is 0.201. The summed E-state index contributed by atoms with van der Waals surface area (Å²) in [5.74, 6) is 5.14. The third kappa shape index (κ3) is 14.0. The second-order valence-electron chi connectivity index (χ2n) is 28.4. The van der Waals surface area contributed by atoms with Crippen LogP contribution < -0.4 is 0 Å². The molecule has 8 aliphatic rings. The molecule has 0 aromatic rings. The van der Waals surface area contributed by atoms with Crippen LogP contribution in [-0.2, 0) is 36.6 Å². The van der Waals surface area contributed by atoms with Gasteiger partial charge >= 0.3 is 17.2 Å². The van der Waals surface area contributed by atoms with Crippen LogP contribution >= 0.6 is 17.2 Å². The lowest BCUT2D eigenvalue weighted by Crippen LogP contribution is -2.52. The number of rotatable bonds is 10. The summed E-state index contributed by atoms with van der Waals surface area (Å²) in [5.41, 5.74) is -0.142. The summed E-state index contributed by atoms with van der Waals surface area (Å²) in [7, 11) is -3.01. The van der Waals surface area contributed by atoms with Crippen LogP contribution in [0.15, 0.2) is 0 Å². The zero-order valence-electron chi connectivity index (χ0n) is 45.1. The summed E-state index contributed by atoms with van der Waals surface area (Å²) in [5, 5.41) is 0. The molecule has 10 heteroatoms. The van der Waals surface area contributed by atoms with Crippen molar-refractivity contribution in [2.24, 2.45) is 74.4 Å². The van der Waals surface area contributed by atoms with Gasteiger partial charge in [0.15, 0.2) is 0 Å². The van der Waals surface area contributed by atoms with Crippen molar-refractivity contribution in [1.82, 2.24) is 0 Å². The van der Waals surface area contributed by atoms with Crippen LogP contribution in [0.3, 0.4) is 0 Å². The molecule has 388 valence electrons. The molecule has 0 amide bonds. The molecule has 2 aliphatic heterocycles. The van der Waals surface area contributed by atoms with E-state index in [1.54, 1.807) is 0 Å². The van der Waals surface area contributed by atoms with Crippen molar-refractivity contribution in [1.29, 1.82) is 0 Å². The van der Waals surface area contributed by atoms with Crippen LogP contribution in [0.5, 0.6) is 0 Å². The average molecular weight is 977 g/mol. The first-order valence-electron chi connectivity index (χ1n) is 28.4. The maximum Gasteiger partial charge on any atom is 0.332 e. The Kier molecular flexibility index (Phi) is 18.1. The molecule has 8 fully saturated rings. The van der Waals surface area contributed by atoms with Gasteiger partial charge in [0.05, 0.1) is 68.5 Å². The van der Waals surface area contributed by atoms with E-state index in [-0.39, 0.29) is 51.5 Å². The van der Waals surface area contributed by atoms with Gasteiger partial charge in [-0.25, -0.2) is 0 Å². The second kappa shape index (κ2) is 22.6. The van der Waals surface area contributed by atoms with E-state index in [2.05, 4.69) is 83.1 Å². The van der Waals surface area contributed by atoms with E-state index in [9.17, 15) is 0 Å². The summed E-state index contributed by atoms with van der Waals surface area (Å²) in [6.07, 6.45) is 30.4. The first-order chi connectivity index (χ1) is 31.6. The van der Waals surface area contributed by atoms with Gasteiger partial charge in [0.1, 0.15) is 0 Å². The molecule has 0 aromatic heterocycles. The highest BCUT2D eigenvalue weighted by atomic mass is 31.2. The van der Waals surface area contributed by atoms with E-state index in [1.165, 1.54) is 116 Å². The predicted molar refractivity (Wildman–Crippen MR) is 274 cm³/mol. The number of hydrogen-bond donors (Lipinski definition) is 0. The van der Waals surface area contributed by atoms with Crippen molar-refractivity contribution in [2.75, 3.05) is 26.4 Å². The fourth-order valence-electron chi connectivity index (χ4n) is 14.9. The minimum atomic E-state index is -1.51. The van der Waals surface area contributed by atoms with Gasteiger partial charge in [0.25, 0.3) is 0 Å². The predicted octanol–water partition coefficient (Wildman–Crippen LogP) is 16.6. The molecule has 0 bridgehead atoms. The van der Waals surface area contributed by atoms with Crippen LogP contribution in [0, 0.1) is 74.4 Å². The molecule has 2 heterocycles. The Morgan fingerprint density at radius 3 is 0.881 bits per heavy atom. The van der Waals surface area contributed by atoms with Crippen LogP contribution in [0.4, 0.5) is 0 Å². The standard InChI is InChI=1S/C57H102O8P2/c1-53(2,3)47-31-45(62-43-27-23-41(24-28-43)39-19-15-13-16-20-39)32-48(54(4,5)6)51(47)64-66-58-35-57(36-59-66)37-60-67(61-38-57)65-52-49(55(7,8)9)33-46(34-50(52)56(10,11)12)63-44-29-25-42(26-30-44)40-21-17-14-18-22-40/h39-52H,13-38H2,1-12H3. The Hall–Kier alpha value is 0.540. The largest absolute Gasteiger partial charge is 0.375 e.